The van der Waals surface area contributed by atoms with Crippen LogP contribution in [-0.2, 0) is 6.54 Å². The first kappa shape index (κ1) is 10.8. The number of ether oxygens (including phenoxy) is 1. The molecular weight excluding hydrogens is 224 g/mol. The van der Waals surface area contributed by atoms with Crippen LogP contribution in [-0.4, -0.2) is 12.9 Å². The van der Waals surface area contributed by atoms with E-state index in [4.69, 9.17) is 10.1 Å². The zero-order valence-electron chi connectivity index (χ0n) is 10.2. The highest BCUT2D eigenvalue weighted by molar-refractivity contribution is 6.11. The van der Waals surface area contributed by atoms with Crippen LogP contribution in [0, 0.1) is 5.41 Å². The Hall–Kier alpha value is -2.29. The molecule has 0 saturated carbocycles. The molecule has 1 N–H and O–H groups in total. The molecule has 90 valence electrons. The standard InChI is InChI=1S/C15H14N2O/c1-18-13-8-6-12(7-9-13)17-10-11-4-2-3-5-14(11)15(17)16/h2-9,16H,10H2,1H3. The molecule has 0 atom stereocenters. The highest BCUT2D eigenvalue weighted by Crippen LogP contribution is 2.29. The Morgan fingerprint density at radius 3 is 2.44 bits per heavy atom. The van der Waals surface area contributed by atoms with Crippen molar-refractivity contribution in [3.05, 3.63) is 59.7 Å². The van der Waals surface area contributed by atoms with Crippen LogP contribution in [0.15, 0.2) is 48.5 Å². The molecule has 3 heteroatoms. The maximum atomic E-state index is 8.22. The van der Waals surface area contributed by atoms with E-state index in [1.165, 1.54) is 5.56 Å². The third-order valence-electron chi connectivity index (χ3n) is 3.25. The fraction of sp³-hybridized carbons (Fsp3) is 0.133. The fourth-order valence-electron chi connectivity index (χ4n) is 2.27. The van der Waals surface area contributed by atoms with Crippen molar-refractivity contribution < 1.29 is 4.74 Å². The number of benzene rings is 2. The molecule has 0 bridgehead atoms. The topological polar surface area (TPSA) is 36.3 Å². The molecule has 1 aliphatic rings. The maximum absolute atomic E-state index is 8.22. The number of nitrogens with zero attached hydrogens (tertiary/aromatic N) is 1. The van der Waals surface area contributed by atoms with E-state index < -0.39 is 0 Å². The number of rotatable bonds is 2. The van der Waals surface area contributed by atoms with E-state index in [0.717, 1.165) is 23.5 Å². The second kappa shape index (κ2) is 4.18. The van der Waals surface area contributed by atoms with Gasteiger partial charge in [0.25, 0.3) is 0 Å². The number of fused-ring (bicyclic) bond motifs is 1. The number of nitrogens with one attached hydrogen (secondary N) is 1. The van der Waals surface area contributed by atoms with Gasteiger partial charge in [0.15, 0.2) is 0 Å². The monoisotopic (exact) mass is 238 g/mol. The summed E-state index contributed by atoms with van der Waals surface area (Å²) in [4.78, 5) is 2.00. The molecule has 1 aliphatic heterocycles. The molecule has 18 heavy (non-hydrogen) atoms. The van der Waals surface area contributed by atoms with E-state index in [0.29, 0.717) is 5.84 Å². The maximum Gasteiger partial charge on any atom is 0.133 e. The van der Waals surface area contributed by atoms with Crippen molar-refractivity contribution in [2.75, 3.05) is 12.0 Å². The smallest absolute Gasteiger partial charge is 0.133 e. The Kier molecular flexibility index (Phi) is 2.52. The van der Waals surface area contributed by atoms with E-state index in [1.807, 2.05) is 47.4 Å². The van der Waals surface area contributed by atoms with Crippen LogP contribution in [0.2, 0.25) is 0 Å². The molecule has 0 spiro atoms. The number of anilines is 1. The van der Waals surface area contributed by atoms with E-state index in [9.17, 15) is 0 Å². The number of methoxy groups -OCH3 is 1. The molecule has 0 aliphatic carbocycles. The summed E-state index contributed by atoms with van der Waals surface area (Å²) in [5.74, 6) is 1.40. The van der Waals surface area contributed by atoms with Gasteiger partial charge < -0.3 is 9.64 Å². The molecule has 0 aromatic heterocycles. The lowest BCUT2D eigenvalue weighted by molar-refractivity contribution is 0.415. The summed E-state index contributed by atoms with van der Waals surface area (Å²) < 4.78 is 5.15. The largest absolute Gasteiger partial charge is 0.497 e. The molecule has 0 unspecified atom stereocenters. The number of hydrogen-bond donors (Lipinski definition) is 1. The molecule has 3 nitrogen and oxygen atoms in total. The Morgan fingerprint density at radius 1 is 1.06 bits per heavy atom. The van der Waals surface area contributed by atoms with Gasteiger partial charge in [-0.25, -0.2) is 0 Å². The van der Waals surface area contributed by atoms with Crippen LogP contribution in [0.25, 0.3) is 0 Å². The van der Waals surface area contributed by atoms with E-state index >= 15 is 0 Å². The zero-order chi connectivity index (χ0) is 12.5. The molecule has 2 aromatic rings. The SMILES string of the molecule is COc1ccc(N2Cc3ccccc3C2=N)cc1. The van der Waals surface area contributed by atoms with Gasteiger partial charge in [-0.15, -0.1) is 0 Å². The Labute approximate surface area is 106 Å². The Morgan fingerprint density at radius 2 is 1.78 bits per heavy atom. The molecule has 0 radical (unpaired) electrons. The minimum absolute atomic E-state index is 0.566. The van der Waals surface area contributed by atoms with Gasteiger partial charge in [0.05, 0.1) is 13.7 Å². The average Bonchev–Trinajstić information content (AvgIpc) is 2.77. The van der Waals surface area contributed by atoms with Crippen molar-refractivity contribution in [3.8, 4) is 5.75 Å². The summed E-state index contributed by atoms with van der Waals surface area (Å²) in [5, 5.41) is 8.22. The van der Waals surface area contributed by atoms with Gasteiger partial charge in [0, 0.05) is 11.3 Å². The first-order chi connectivity index (χ1) is 8.79. The van der Waals surface area contributed by atoms with Crippen LogP contribution < -0.4 is 9.64 Å². The van der Waals surface area contributed by atoms with Gasteiger partial charge in [-0.1, -0.05) is 24.3 Å². The molecule has 0 amide bonds. The van der Waals surface area contributed by atoms with Gasteiger partial charge in [0.2, 0.25) is 0 Å². The van der Waals surface area contributed by atoms with Crippen molar-refractivity contribution in [3.63, 3.8) is 0 Å². The van der Waals surface area contributed by atoms with Crippen molar-refractivity contribution in [1.29, 1.82) is 5.41 Å². The van der Waals surface area contributed by atoms with Gasteiger partial charge in [-0.05, 0) is 29.8 Å². The highest BCUT2D eigenvalue weighted by Gasteiger charge is 2.24. The van der Waals surface area contributed by atoms with Crippen LogP contribution in [0.1, 0.15) is 11.1 Å². The number of hydrogen-bond acceptors (Lipinski definition) is 2. The van der Waals surface area contributed by atoms with Gasteiger partial charge >= 0.3 is 0 Å². The van der Waals surface area contributed by atoms with Crippen LogP contribution >= 0.6 is 0 Å². The lowest BCUT2D eigenvalue weighted by Crippen LogP contribution is -2.22. The second-order valence-corrected chi connectivity index (χ2v) is 4.29. The van der Waals surface area contributed by atoms with Gasteiger partial charge in [-0.3, -0.25) is 5.41 Å². The van der Waals surface area contributed by atoms with E-state index in [1.54, 1.807) is 7.11 Å². The van der Waals surface area contributed by atoms with Gasteiger partial charge in [-0.2, -0.15) is 0 Å². The summed E-state index contributed by atoms with van der Waals surface area (Å²) in [6, 6.07) is 15.9. The third-order valence-corrected chi connectivity index (χ3v) is 3.25. The van der Waals surface area contributed by atoms with Crippen LogP contribution in [0.4, 0.5) is 5.69 Å². The number of amidine groups is 1. The molecule has 1 heterocycles. The summed E-state index contributed by atoms with van der Waals surface area (Å²) >= 11 is 0. The summed E-state index contributed by atoms with van der Waals surface area (Å²) in [5.41, 5.74) is 3.25. The quantitative estimate of drug-likeness (QED) is 0.873. The highest BCUT2D eigenvalue weighted by atomic mass is 16.5. The van der Waals surface area contributed by atoms with E-state index in [-0.39, 0.29) is 0 Å². The third kappa shape index (κ3) is 1.64. The van der Waals surface area contributed by atoms with Crippen LogP contribution in [0.3, 0.4) is 0 Å². The zero-order valence-corrected chi connectivity index (χ0v) is 10.2. The molecular formula is C15H14N2O. The van der Waals surface area contributed by atoms with Crippen molar-refractivity contribution >= 4 is 11.5 Å². The normalized spacial score (nSPS) is 13.6. The lowest BCUT2D eigenvalue weighted by atomic mass is 10.1. The molecule has 3 rings (SSSR count). The summed E-state index contributed by atoms with van der Waals surface area (Å²) in [6.45, 7) is 0.765. The molecule has 0 saturated heterocycles. The van der Waals surface area contributed by atoms with Gasteiger partial charge in [0.1, 0.15) is 11.6 Å². The minimum atomic E-state index is 0.566. The summed E-state index contributed by atoms with van der Waals surface area (Å²) in [7, 11) is 1.66. The predicted molar refractivity (Wildman–Crippen MR) is 72.4 cm³/mol. The Bertz CT molecular complexity index is 590. The molecule has 0 fully saturated rings. The molecule has 2 aromatic carbocycles. The average molecular weight is 238 g/mol. The first-order valence-electron chi connectivity index (χ1n) is 5.88. The first-order valence-corrected chi connectivity index (χ1v) is 5.88. The van der Waals surface area contributed by atoms with E-state index in [2.05, 4.69) is 6.07 Å². The second-order valence-electron chi connectivity index (χ2n) is 4.29. The fourth-order valence-corrected chi connectivity index (χ4v) is 2.27. The van der Waals surface area contributed by atoms with Crippen LogP contribution in [0.5, 0.6) is 5.75 Å². The lowest BCUT2D eigenvalue weighted by Gasteiger charge is -2.18. The van der Waals surface area contributed by atoms with Crippen molar-refractivity contribution in [2.24, 2.45) is 0 Å². The minimum Gasteiger partial charge on any atom is -0.497 e. The Balaban J connectivity index is 1.93. The summed E-state index contributed by atoms with van der Waals surface area (Å²) in [6.07, 6.45) is 0. The van der Waals surface area contributed by atoms with Crippen molar-refractivity contribution in [2.45, 2.75) is 6.54 Å². The predicted octanol–water partition coefficient (Wildman–Crippen LogP) is 3.04. The van der Waals surface area contributed by atoms with Crippen molar-refractivity contribution in [1.82, 2.24) is 0 Å².